The molecule has 0 aliphatic rings. The first-order valence-electron chi connectivity index (χ1n) is 5.58. The van der Waals surface area contributed by atoms with Crippen molar-refractivity contribution in [2.45, 2.75) is 0 Å². The third kappa shape index (κ3) is 3.60. The molecule has 0 saturated heterocycles. The highest BCUT2D eigenvalue weighted by molar-refractivity contribution is 9.10. The van der Waals surface area contributed by atoms with Crippen LogP contribution >= 0.6 is 15.9 Å². The summed E-state index contributed by atoms with van der Waals surface area (Å²) in [7, 11) is 0. The molecule has 21 heavy (non-hydrogen) atoms. The number of non-ortho nitro benzene ring substituents is 1. The van der Waals surface area contributed by atoms with Crippen molar-refractivity contribution >= 4 is 33.2 Å². The molecule has 1 N–H and O–H groups in total. The predicted molar refractivity (Wildman–Crippen MR) is 75.1 cm³/mol. The van der Waals surface area contributed by atoms with Gasteiger partial charge in [-0.1, -0.05) is 0 Å². The molecule has 0 heterocycles. The number of nitro benzene ring substituents is 1. The van der Waals surface area contributed by atoms with Crippen LogP contribution in [0.3, 0.4) is 0 Å². The molecule has 0 spiro atoms. The van der Waals surface area contributed by atoms with Gasteiger partial charge >= 0.3 is 0 Å². The maximum atomic E-state index is 13.3. The zero-order valence-electron chi connectivity index (χ0n) is 10.3. The van der Waals surface area contributed by atoms with Gasteiger partial charge in [-0.3, -0.25) is 14.9 Å². The predicted octanol–water partition coefficient (Wildman–Crippen LogP) is 3.89. The molecule has 2 aromatic rings. The Balaban J connectivity index is 2.27. The Hall–Kier alpha value is -2.35. The minimum atomic E-state index is -0.894. The first-order valence-corrected chi connectivity index (χ1v) is 6.37. The lowest BCUT2D eigenvalue weighted by molar-refractivity contribution is -0.385. The molecular weight excluding hydrogens is 350 g/mol. The van der Waals surface area contributed by atoms with E-state index in [2.05, 4.69) is 21.2 Å². The van der Waals surface area contributed by atoms with Crippen molar-refractivity contribution in [2.24, 2.45) is 0 Å². The topological polar surface area (TPSA) is 72.2 Å². The number of carbonyl (C=O) groups excluding carboxylic acids is 1. The second-order valence-corrected chi connectivity index (χ2v) is 4.89. The number of anilines is 1. The summed E-state index contributed by atoms with van der Waals surface area (Å²) in [5.74, 6) is -2.14. The van der Waals surface area contributed by atoms with E-state index in [1.807, 2.05) is 0 Å². The zero-order chi connectivity index (χ0) is 15.6. The van der Waals surface area contributed by atoms with Gasteiger partial charge in [-0.2, -0.15) is 0 Å². The normalized spacial score (nSPS) is 10.2. The Kier molecular flexibility index (Phi) is 4.27. The van der Waals surface area contributed by atoms with E-state index in [1.54, 1.807) is 0 Å². The molecule has 0 atom stereocenters. The van der Waals surface area contributed by atoms with Crippen LogP contribution in [0.25, 0.3) is 0 Å². The van der Waals surface area contributed by atoms with E-state index in [-0.39, 0.29) is 15.7 Å². The maximum Gasteiger partial charge on any atom is 0.273 e. The fourth-order valence-electron chi connectivity index (χ4n) is 1.59. The van der Waals surface area contributed by atoms with Gasteiger partial charge in [0.1, 0.15) is 11.6 Å². The van der Waals surface area contributed by atoms with E-state index in [0.717, 1.165) is 18.2 Å². The van der Waals surface area contributed by atoms with Crippen LogP contribution in [0.15, 0.2) is 40.9 Å². The molecule has 0 fully saturated rings. The summed E-state index contributed by atoms with van der Waals surface area (Å²) < 4.78 is 26.5. The van der Waals surface area contributed by atoms with Crippen LogP contribution in [0.2, 0.25) is 0 Å². The van der Waals surface area contributed by atoms with Crippen LogP contribution < -0.4 is 5.32 Å². The van der Waals surface area contributed by atoms with Gasteiger partial charge in [0.2, 0.25) is 0 Å². The summed E-state index contributed by atoms with van der Waals surface area (Å²) in [6.07, 6.45) is 0. The Morgan fingerprint density at radius 2 is 1.90 bits per heavy atom. The molecule has 0 saturated carbocycles. The number of benzene rings is 2. The van der Waals surface area contributed by atoms with Crippen molar-refractivity contribution in [1.82, 2.24) is 0 Å². The fourth-order valence-corrected chi connectivity index (χ4v) is 1.97. The van der Waals surface area contributed by atoms with Crippen molar-refractivity contribution in [1.29, 1.82) is 0 Å². The van der Waals surface area contributed by atoms with E-state index in [1.165, 1.54) is 12.1 Å². The van der Waals surface area contributed by atoms with Crippen LogP contribution in [-0.4, -0.2) is 10.8 Å². The Bertz CT molecular complexity index is 737. The number of amides is 1. The number of halogens is 3. The van der Waals surface area contributed by atoms with Crippen LogP contribution in [0.5, 0.6) is 0 Å². The molecular formula is C13H7BrF2N2O3. The number of nitro groups is 1. The van der Waals surface area contributed by atoms with E-state index >= 15 is 0 Å². The zero-order valence-corrected chi connectivity index (χ0v) is 11.9. The first kappa shape index (κ1) is 15.0. The second-order valence-electron chi connectivity index (χ2n) is 4.04. The summed E-state index contributed by atoms with van der Waals surface area (Å²) in [6, 6.07) is 6.31. The number of nitrogens with one attached hydrogen (secondary N) is 1. The summed E-state index contributed by atoms with van der Waals surface area (Å²) >= 11 is 2.96. The minimum absolute atomic E-state index is 0.144. The average molecular weight is 357 g/mol. The molecule has 5 nitrogen and oxygen atoms in total. The lowest BCUT2D eigenvalue weighted by Gasteiger charge is -2.06. The van der Waals surface area contributed by atoms with Gasteiger partial charge in [-0.15, -0.1) is 0 Å². The van der Waals surface area contributed by atoms with Crippen LogP contribution in [-0.2, 0) is 0 Å². The van der Waals surface area contributed by atoms with Crippen LogP contribution in [0, 0.1) is 21.7 Å². The number of hydrogen-bond acceptors (Lipinski definition) is 3. The average Bonchev–Trinajstić information content (AvgIpc) is 2.42. The lowest BCUT2D eigenvalue weighted by atomic mass is 10.1. The minimum Gasteiger partial charge on any atom is -0.322 e. The molecule has 0 unspecified atom stereocenters. The quantitative estimate of drug-likeness (QED) is 0.669. The van der Waals surface area contributed by atoms with Crippen molar-refractivity contribution in [3.63, 3.8) is 0 Å². The molecule has 2 aromatic carbocycles. The number of carbonyl (C=O) groups is 1. The first-order chi connectivity index (χ1) is 9.86. The largest absolute Gasteiger partial charge is 0.322 e. The highest BCUT2D eigenvalue weighted by Crippen LogP contribution is 2.21. The smallest absolute Gasteiger partial charge is 0.273 e. The Labute approximate surface area is 125 Å². The van der Waals surface area contributed by atoms with Gasteiger partial charge in [-0.25, -0.2) is 8.78 Å². The van der Waals surface area contributed by atoms with Gasteiger partial charge < -0.3 is 5.32 Å². The van der Waals surface area contributed by atoms with Gasteiger partial charge in [0, 0.05) is 17.3 Å². The molecule has 108 valence electrons. The van der Waals surface area contributed by atoms with E-state index in [9.17, 15) is 23.7 Å². The second kappa shape index (κ2) is 5.96. The van der Waals surface area contributed by atoms with E-state index in [4.69, 9.17) is 0 Å². The molecule has 0 aliphatic heterocycles. The van der Waals surface area contributed by atoms with Gasteiger partial charge in [0.25, 0.3) is 11.6 Å². The molecule has 2 rings (SSSR count). The SMILES string of the molecule is O=C(Nc1ccc(F)c(Br)c1)c1cc(F)cc([N+](=O)[O-])c1. The molecule has 0 radical (unpaired) electrons. The van der Waals surface area contributed by atoms with Gasteiger partial charge in [-0.05, 0) is 40.2 Å². The molecule has 8 heteroatoms. The van der Waals surface area contributed by atoms with Crippen LogP contribution in [0.4, 0.5) is 20.2 Å². The van der Waals surface area contributed by atoms with Crippen LogP contribution in [0.1, 0.15) is 10.4 Å². The lowest BCUT2D eigenvalue weighted by Crippen LogP contribution is -2.12. The van der Waals surface area contributed by atoms with Gasteiger partial charge in [0.15, 0.2) is 0 Å². The number of rotatable bonds is 3. The van der Waals surface area contributed by atoms with Gasteiger partial charge in [0.05, 0.1) is 15.5 Å². The summed E-state index contributed by atoms with van der Waals surface area (Å²) in [4.78, 5) is 21.8. The fraction of sp³-hybridized carbons (Fsp3) is 0. The molecule has 0 bridgehead atoms. The van der Waals surface area contributed by atoms with E-state index < -0.39 is 28.2 Å². The summed E-state index contributed by atoms with van der Waals surface area (Å²) in [6.45, 7) is 0. The molecule has 1 amide bonds. The maximum absolute atomic E-state index is 13.3. The number of nitrogens with zero attached hydrogens (tertiary/aromatic N) is 1. The summed E-state index contributed by atoms with van der Waals surface area (Å²) in [5.41, 5.74) is -0.470. The molecule has 0 aromatic heterocycles. The van der Waals surface area contributed by atoms with Crippen molar-refractivity contribution in [3.05, 3.63) is 68.2 Å². The van der Waals surface area contributed by atoms with Crippen molar-refractivity contribution in [2.75, 3.05) is 5.32 Å². The Morgan fingerprint density at radius 3 is 2.52 bits per heavy atom. The third-order valence-corrected chi connectivity index (χ3v) is 3.14. The Morgan fingerprint density at radius 1 is 1.19 bits per heavy atom. The molecule has 0 aliphatic carbocycles. The third-order valence-electron chi connectivity index (χ3n) is 2.53. The summed E-state index contributed by atoms with van der Waals surface area (Å²) in [5, 5.41) is 13.0. The van der Waals surface area contributed by atoms with Crippen molar-refractivity contribution in [3.8, 4) is 0 Å². The van der Waals surface area contributed by atoms with Crippen molar-refractivity contribution < 1.29 is 18.5 Å². The highest BCUT2D eigenvalue weighted by atomic mass is 79.9. The highest BCUT2D eigenvalue weighted by Gasteiger charge is 2.15. The standard InChI is InChI=1S/C13H7BrF2N2O3/c14-11-6-9(1-2-12(11)16)17-13(19)7-3-8(15)5-10(4-7)18(20)21/h1-6H,(H,17,19). The monoisotopic (exact) mass is 356 g/mol. The van der Waals surface area contributed by atoms with E-state index in [0.29, 0.717) is 6.07 Å². The number of hydrogen-bond donors (Lipinski definition) is 1.